The fourth-order valence-corrected chi connectivity index (χ4v) is 2.07. The van der Waals surface area contributed by atoms with E-state index in [0.717, 1.165) is 11.8 Å². The molecule has 0 N–H and O–H groups in total. The van der Waals surface area contributed by atoms with Crippen LogP contribution in [-0.4, -0.2) is 0 Å². The first-order valence-corrected chi connectivity index (χ1v) is 5.06. The Labute approximate surface area is 71.4 Å². The van der Waals surface area contributed by atoms with Gasteiger partial charge in [0.15, 0.2) is 0 Å². The maximum Gasteiger partial charge on any atom is -0.0323 e. The predicted molar refractivity (Wildman–Crippen MR) is 50.6 cm³/mol. The average molecular weight is 154 g/mol. The van der Waals surface area contributed by atoms with Crippen LogP contribution in [-0.2, 0) is 0 Å². The molecule has 1 saturated carbocycles. The van der Waals surface area contributed by atoms with E-state index >= 15 is 0 Å². The van der Waals surface area contributed by atoms with Crippen molar-refractivity contribution in [2.75, 3.05) is 0 Å². The van der Waals surface area contributed by atoms with Gasteiger partial charge in [0.1, 0.15) is 0 Å². The van der Waals surface area contributed by atoms with Crippen LogP contribution in [0, 0.1) is 17.3 Å². The monoisotopic (exact) mass is 154 g/mol. The van der Waals surface area contributed by atoms with E-state index in [1.807, 2.05) is 0 Å². The van der Waals surface area contributed by atoms with Gasteiger partial charge in [-0.25, -0.2) is 0 Å². The Hall–Kier alpha value is 0. The normalized spacial score (nSPS) is 21.8. The summed E-state index contributed by atoms with van der Waals surface area (Å²) in [7, 11) is 0. The molecule has 1 aliphatic carbocycles. The van der Waals surface area contributed by atoms with Crippen molar-refractivity contribution >= 4 is 0 Å². The van der Waals surface area contributed by atoms with Gasteiger partial charge in [0, 0.05) is 0 Å². The fraction of sp³-hybridized carbons (Fsp3) is 1.00. The van der Waals surface area contributed by atoms with Crippen LogP contribution in [0.2, 0.25) is 0 Å². The first-order valence-electron chi connectivity index (χ1n) is 5.06. The van der Waals surface area contributed by atoms with E-state index in [1.165, 1.54) is 25.7 Å². The molecule has 0 heterocycles. The summed E-state index contributed by atoms with van der Waals surface area (Å²) in [4.78, 5) is 0. The molecule has 0 aromatic rings. The number of hydrogen-bond donors (Lipinski definition) is 0. The average Bonchev–Trinajstić information content (AvgIpc) is 2.66. The smallest absolute Gasteiger partial charge is 0.0323 e. The van der Waals surface area contributed by atoms with E-state index in [9.17, 15) is 0 Å². The third kappa shape index (κ3) is 2.50. The summed E-state index contributed by atoms with van der Waals surface area (Å²) >= 11 is 0. The highest BCUT2D eigenvalue weighted by Gasteiger charge is 2.37. The van der Waals surface area contributed by atoms with Gasteiger partial charge in [-0.1, -0.05) is 34.1 Å². The molecule has 66 valence electrons. The summed E-state index contributed by atoms with van der Waals surface area (Å²) < 4.78 is 0. The van der Waals surface area contributed by atoms with Crippen LogP contribution < -0.4 is 0 Å². The van der Waals surface area contributed by atoms with Crippen LogP contribution in [0.25, 0.3) is 0 Å². The Morgan fingerprint density at radius 2 is 1.91 bits per heavy atom. The SMILES string of the molecule is CCC(C)CC(C)(C)C1CC1. The third-order valence-electron chi connectivity index (χ3n) is 3.25. The van der Waals surface area contributed by atoms with Crippen molar-refractivity contribution in [1.29, 1.82) is 0 Å². The van der Waals surface area contributed by atoms with Crippen LogP contribution in [0.4, 0.5) is 0 Å². The first-order chi connectivity index (χ1) is 5.06. The minimum Gasteiger partial charge on any atom is -0.0651 e. The van der Waals surface area contributed by atoms with Gasteiger partial charge in [-0.2, -0.15) is 0 Å². The van der Waals surface area contributed by atoms with Gasteiger partial charge in [-0.05, 0) is 36.5 Å². The maximum atomic E-state index is 2.44. The molecule has 1 unspecified atom stereocenters. The quantitative estimate of drug-likeness (QED) is 0.577. The number of hydrogen-bond acceptors (Lipinski definition) is 0. The highest BCUT2D eigenvalue weighted by Crippen LogP contribution is 2.48. The molecule has 1 rings (SSSR count). The molecular formula is C11H22. The van der Waals surface area contributed by atoms with Crippen LogP contribution in [0.1, 0.15) is 53.4 Å². The molecule has 0 amide bonds. The Morgan fingerprint density at radius 1 is 1.36 bits per heavy atom. The highest BCUT2D eigenvalue weighted by molar-refractivity contribution is 4.88. The molecule has 0 saturated heterocycles. The Balaban J connectivity index is 2.32. The van der Waals surface area contributed by atoms with E-state index in [-0.39, 0.29) is 0 Å². The standard InChI is InChI=1S/C11H22/c1-5-9(2)8-11(3,4)10-6-7-10/h9-10H,5-8H2,1-4H3. The molecule has 0 aliphatic heterocycles. The fourth-order valence-electron chi connectivity index (χ4n) is 2.07. The second kappa shape index (κ2) is 3.16. The molecule has 0 aromatic heterocycles. The van der Waals surface area contributed by atoms with Gasteiger partial charge >= 0.3 is 0 Å². The Kier molecular flexibility index (Phi) is 2.61. The molecular weight excluding hydrogens is 132 g/mol. The van der Waals surface area contributed by atoms with Crippen molar-refractivity contribution in [3.63, 3.8) is 0 Å². The minimum absolute atomic E-state index is 0.634. The molecule has 1 fully saturated rings. The summed E-state index contributed by atoms with van der Waals surface area (Å²) in [5, 5.41) is 0. The molecule has 1 atom stereocenters. The predicted octanol–water partition coefficient (Wildman–Crippen LogP) is 3.86. The van der Waals surface area contributed by atoms with Gasteiger partial charge in [0.2, 0.25) is 0 Å². The van der Waals surface area contributed by atoms with Crippen LogP contribution in [0.15, 0.2) is 0 Å². The third-order valence-corrected chi connectivity index (χ3v) is 3.25. The number of rotatable bonds is 4. The minimum atomic E-state index is 0.634. The largest absolute Gasteiger partial charge is 0.0651 e. The van der Waals surface area contributed by atoms with Crippen LogP contribution in [0.3, 0.4) is 0 Å². The lowest BCUT2D eigenvalue weighted by molar-refractivity contribution is 0.234. The van der Waals surface area contributed by atoms with Crippen molar-refractivity contribution in [3.05, 3.63) is 0 Å². The molecule has 11 heavy (non-hydrogen) atoms. The van der Waals surface area contributed by atoms with E-state index in [2.05, 4.69) is 27.7 Å². The Morgan fingerprint density at radius 3 is 2.27 bits per heavy atom. The zero-order chi connectivity index (χ0) is 8.48. The van der Waals surface area contributed by atoms with Gasteiger partial charge in [-0.3, -0.25) is 0 Å². The summed E-state index contributed by atoms with van der Waals surface area (Å²) in [6.07, 6.45) is 5.75. The van der Waals surface area contributed by atoms with Crippen LogP contribution in [0.5, 0.6) is 0 Å². The summed E-state index contributed by atoms with van der Waals surface area (Å²) in [6, 6.07) is 0. The molecule has 0 radical (unpaired) electrons. The zero-order valence-corrected chi connectivity index (χ0v) is 8.48. The van der Waals surface area contributed by atoms with Gasteiger partial charge in [0.05, 0.1) is 0 Å². The molecule has 0 aromatic carbocycles. The van der Waals surface area contributed by atoms with Gasteiger partial charge < -0.3 is 0 Å². The Bertz CT molecular complexity index is 120. The second-order valence-corrected chi connectivity index (χ2v) is 4.98. The summed E-state index contributed by atoms with van der Waals surface area (Å²) in [6.45, 7) is 9.56. The topological polar surface area (TPSA) is 0 Å². The zero-order valence-electron chi connectivity index (χ0n) is 8.48. The first kappa shape index (κ1) is 9.09. The van der Waals surface area contributed by atoms with Gasteiger partial charge in [-0.15, -0.1) is 0 Å². The van der Waals surface area contributed by atoms with Gasteiger partial charge in [0.25, 0.3) is 0 Å². The van der Waals surface area contributed by atoms with Crippen molar-refractivity contribution in [2.24, 2.45) is 17.3 Å². The van der Waals surface area contributed by atoms with Crippen molar-refractivity contribution in [1.82, 2.24) is 0 Å². The highest BCUT2D eigenvalue weighted by atomic mass is 14.4. The maximum absolute atomic E-state index is 2.44. The summed E-state index contributed by atoms with van der Waals surface area (Å²) in [5.74, 6) is 1.97. The van der Waals surface area contributed by atoms with E-state index < -0.39 is 0 Å². The van der Waals surface area contributed by atoms with Crippen LogP contribution >= 0.6 is 0 Å². The molecule has 0 heteroatoms. The lowest BCUT2D eigenvalue weighted by Gasteiger charge is -2.27. The molecule has 0 nitrogen and oxygen atoms in total. The molecule has 0 bridgehead atoms. The molecule has 1 aliphatic rings. The second-order valence-electron chi connectivity index (χ2n) is 4.98. The van der Waals surface area contributed by atoms with E-state index in [1.54, 1.807) is 0 Å². The van der Waals surface area contributed by atoms with Crippen molar-refractivity contribution in [3.8, 4) is 0 Å². The van der Waals surface area contributed by atoms with E-state index in [4.69, 9.17) is 0 Å². The lowest BCUT2D eigenvalue weighted by Crippen LogP contribution is -2.17. The molecule has 0 spiro atoms. The van der Waals surface area contributed by atoms with Crippen molar-refractivity contribution in [2.45, 2.75) is 53.4 Å². The van der Waals surface area contributed by atoms with Crippen molar-refractivity contribution < 1.29 is 0 Å². The van der Waals surface area contributed by atoms with E-state index in [0.29, 0.717) is 5.41 Å². The lowest BCUT2D eigenvalue weighted by atomic mass is 9.78. The summed E-state index contributed by atoms with van der Waals surface area (Å²) in [5.41, 5.74) is 0.634.